The molecule has 6 heteroatoms. The average molecular weight is 449 g/mol. The van der Waals surface area contributed by atoms with Crippen molar-refractivity contribution in [1.82, 2.24) is 10.6 Å². The Morgan fingerprint density at radius 3 is 2.09 bits per heavy atom. The largest absolute Gasteiger partial charge is 0.480 e. The van der Waals surface area contributed by atoms with Crippen LogP contribution in [0.5, 0.6) is 0 Å². The van der Waals surface area contributed by atoms with Crippen LogP contribution >= 0.6 is 0 Å². The normalized spacial score (nSPS) is 12.6. The van der Waals surface area contributed by atoms with Crippen molar-refractivity contribution in [2.24, 2.45) is 0 Å². The minimum atomic E-state index is -1.02. The fraction of sp³-hybridized carbons (Fsp3) is 0.654. The van der Waals surface area contributed by atoms with E-state index >= 15 is 0 Å². The van der Waals surface area contributed by atoms with Crippen LogP contribution in [0.1, 0.15) is 97.3 Å². The number of carboxylic acid groups (broad SMARTS) is 1. The lowest BCUT2D eigenvalue weighted by molar-refractivity contribution is -0.141. The lowest BCUT2D eigenvalue weighted by Gasteiger charge is -2.13. The van der Waals surface area contributed by atoms with E-state index in [0.29, 0.717) is 32.2 Å². The Morgan fingerprint density at radius 2 is 1.44 bits per heavy atom. The van der Waals surface area contributed by atoms with E-state index in [1.54, 1.807) is 0 Å². The Morgan fingerprint density at radius 1 is 0.812 bits per heavy atom. The van der Waals surface area contributed by atoms with Crippen molar-refractivity contribution >= 4 is 17.8 Å². The van der Waals surface area contributed by atoms with Crippen LogP contribution in [-0.4, -0.2) is 35.5 Å². The molecule has 1 atom stereocenters. The molecule has 0 rings (SSSR count). The molecule has 3 N–H and O–H groups in total. The highest BCUT2D eigenvalue weighted by atomic mass is 16.4. The summed E-state index contributed by atoms with van der Waals surface area (Å²) < 4.78 is 0. The molecule has 0 radical (unpaired) electrons. The van der Waals surface area contributed by atoms with Crippen LogP contribution < -0.4 is 10.6 Å². The lowest BCUT2D eigenvalue weighted by Crippen LogP contribution is -2.39. The van der Waals surface area contributed by atoms with Crippen LogP contribution in [0.2, 0.25) is 0 Å². The zero-order valence-electron chi connectivity index (χ0n) is 20.1. The van der Waals surface area contributed by atoms with Gasteiger partial charge in [-0.2, -0.15) is 0 Å². The van der Waals surface area contributed by atoms with Crippen molar-refractivity contribution in [3.63, 3.8) is 0 Å². The molecule has 2 amide bonds. The first-order chi connectivity index (χ1) is 15.5. The number of nitrogens with one attached hydrogen (secondary N) is 2. The van der Waals surface area contributed by atoms with Crippen LogP contribution in [0.3, 0.4) is 0 Å². The molecule has 0 aromatic rings. The molecule has 0 heterocycles. The molecule has 182 valence electrons. The van der Waals surface area contributed by atoms with E-state index in [1.807, 2.05) is 0 Å². The van der Waals surface area contributed by atoms with Gasteiger partial charge in [-0.15, -0.1) is 0 Å². The molecule has 0 aliphatic rings. The predicted molar refractivity (Wildman–Crippen MR) is 131 cm³/mol. The van der Waals surface area contributed by atoms with E-state index in [9.17, 15) is 14.4 Å². The Kier molecular flexibility index (Phi) is 20.2. The maximum absolute atomic E-state index is 11.8. The van der Waals surface area contributed by atoms with E-state index in [4.69, 9.17) is 5.11 Å². The fourth-order valence-electron chi connectivity index (χ4n) is 3.20. The molecular formula is C26H44N2O4. The Bertz CT molecular complexity index is 597. The third-order valence-corrected chi connectivity index (χ3v) is 4.97. The van der Waals surface area contributed by atoms with Crippen LogP contribution in [0.25, 0.3) is 0 Å². The second-order valence-corrected chi connectivity index (χ2v) is 8.04. The maximum Gasteiger partial charge on any atom is 0.326 e. The number of unbranched alkanes of at least 4 members (excludes halogenated alkanes) is 6. The smallest absolute Gasteiger partial charge is 0.326 e. The summed E-state index contributed by atoms with van der Waals surface area (Å²) in [6, 6.07) is -0.853. The van der Waals surface area contributed by atoms with Crippen LogP contribution in [0.4, 0.5) is 0 Å². The number of hydrogen-bond acceptors (Lipinski definition) is 3. The summed E-state index contributed by atoms with van der Waals surface area (Å²) in [6.45, 7) is 3.99. The monoisotopic (exact) mass is 448 g/mol. The van der Waals surface area contributed by atoms with E-state index in [1.165, 1.54) is 19.8 Å². The van der Waals surface area contributed by atoms with Gasteiger partial charge in [0, 0.05) is 19.9 Å². The Labute approximate surface area is 194 Å². The number of rotatable bonds is 20. The van der Waals surface area contributed by atoms with Gasteiger partial charge in [-0.05, 0) is 57.8 Å². The van der Waals surface area contributed by atoms with Gasteiger partial charge in [0.25, 0.3) is 0 Å². The summed E-state index contributed by atoms with van der Waals surface area (Å²) in [5.74, 6) is -1.31. The van der Waals surface area contributed by atoms with Gasteiger partial charge in [-0.25, -0.2) is 4.79 Å². The number of aliphatic carboxylic acids is 1. The number of carbonyl (C=O) groups is 3. The Hall–Kier alpha value is -2.37. The van der Waals surface area contributed by atoms with Crippen molar-refractivity contribution in [2.45, 2.75) is 103 Å². The van der Waals surface area contributed by atoms with Crippen molar-refractivity contribution in [2.75, 3.05) is 6.54 Å². The van der Waals surface area contributed by atoms with E-state index < -0.39 is 12.0 Å². The van der Waals surface area contributed by atoms with E-state index in [0.717, 1.165) is 44.9 Å². The first kappa shape index (κ1) is 29.6. The molecule has 0 saturated carbocycles. The minimum Gasteiger partial charge on any atom is -0.480 e. The van der Waals surface area contributed by atoms with Gasteiger partial charge in [-0.1, -0.05) is 62.6 Å². The number of carbonyl (C=O) groups excluding carboxylic acids is 2. The van der Waals surface area contributed by atoms with Gasteiger partial charge in [-0.3, -0.25) is 9.59 Å². The summed E-state index contributed by atoms with van der Waals surface area (Å²) in [5, 5.41) is 14.3. The van der Waals surface area contributed by atoms with Gasteiger partial charge in [0.2, 0.25) is 11.8 Å². The van der Waals surface area contributed by atoms with Crippen molar-refractivity contribution in [3.8, 4) is 0 Å². The van der Waals surface area contributed by atoms with E-state index in [2.05, 4.69) is 54.0 Å². The Balaban J connectivity index is 3.51. The molecule has 0 aliphatic heterocycles. The molecule has 0 aromatic carbocycles. The molecule has 0 bridgehead atoms. The second-order valence-electron chi connectivity index (χ2n) is 8.04. The highest BCUT2D eigenvalue weighted by Crippen LogP contribution is 2.08. The summed E-state index contributed by atoms with van der Waals surface area (Å²) in [5.41, 5.74) is 0. The van der Waals surface area contributed by atoms with Crippen LogP contribution in [-0.2, 0) is 14.4 Å². The van der Waals surface area contributed by atoms with Gasteiger partial charge in [0.1, 0.15) is 6.04 Å². The van der Waals surface area contributed by atoms with Crippen molar-refractivity contribution in [3.05, 3.63) is 36.5 Å². The SMILES string of the molecule is CC/C=C\C/C=C\C/C=C\CCCCCCCC(=O)NCCCC[C@H](NC(C)=O)C(=O)O. The minimum absolute atomic E-state index is 0.0582. The summed E-state index contributed by atoms with van der Waals surface area (Å²) in [6.07, 6.45) is 25.3. The third kappa shape index (κ3) is 20.9. The molecule has 32 heavy (non-hydrogen) atoms. The molecule has 0 unspecified atom stereocenters. The first-order valence-electron chi connectivity index (χ1n) is 12.2. The number of hydrogen-bond donors (Lipinski definition) is 3. The highest BCUT2D eigenvalue weighted by molar-refractivity contribution is 5.82. The van der Waals surface area contributed by atoms with Crippen LogP contribution in [0.15, 0.2) is 36.5 Å². The molecule has 0 aromatic heterocycles. The number of allylic oxidation sites excluding steroid dienone is 6. The molecule has 0 aliphatic carbocycles. The van der Waals surface area contributed by atoms with Crippen LogP contribution in [0, 0.1) is 0 Å². The highest BCUT2D eigenvalue weighted by Gasteiger charge is 2.17. The van der Waals surface area contributed by atoms with Gasteiger partial charge in [0.15, 0.2) is 0 Å². The topological polar surface area (TPSA) is 95.5 Å². The first-order valence-corrected chi connectivity index (χ1v) is 12.2. The molecule has 0 saturated heterocycles. The van der Waals surface area contributed by atoms with Crippen molar-refractivity contribution in [1.29, 1.82) is 0 Å². The average Bonchev–Trinajstić information content (AvgIpc) is 2.75. The summed E-state index contributed by atoms with van der Waals surface area (Å²) >= 11 is 0. The van der Waals surface area contributed by atoms with Gasteiger partial charge >= 0.3 is 5.97 Å². The lowest BCUT2D eigenvalue weighted by atomic mass is 10.1. The zero-order valence-corrected chi connectivity index (χ0v) is 20.1. The third-order valence-electron chi connectivity index (χ3n) is 4.97. The quantitative estimate of drug-likeness (QED) is 0.170. The molecular weight excluding hydrogens is 404 g/mol. The van der Waals surface area contributed by atoms with Gasteiger partial charge < -0.3 is 15.7 Å². The summed E-state index contributed by atoms with van der Waals surface area (Å²) in [4.78, 5) is 33.9. The number of amides is 2. The molecule has 0 spiro atoms. The maximum atomic E-state index is 11.8. The zero-order chi connectivity index (χ0) is 23.9. The second kappa shape index (κ2) is 21.8. The van der Waals surface area contributed by atoms with E-state index in [-0.39, 0.29) is 11.8 Å². The van der Waals surface area contributed by atoms with Gasteiger partial charge in [0.05, 0.1) is 0 Å². The predicted octanol–water partition coefficient (Wildman–Crippen LogP) is 5.45. The standard InChI is InChI=1S/C26H44N2O4/c1-3-4-5-6-7-8-9-10-11-12-13-14-15-16-17-21-25(30)27-22-19-18-20-24(26(31)32)28-23(2)29/h4-5,7-8,10-11,24H,3,6,9,12-22H2,1-2H3,(H,27,30)(H,28,29)(H,31,32)/b5-4-,8-7-,11-10-/t24-/m0/s1. The summed E-state index contributed by atoms with van der Waals surface area (Å²) in [7, 11) is 0. The fourth-order valence-corrected chi connectivity index (χ4v) is 3.20. The molecule has 6 nitrogen and oxygen atoms in total. The van der Waals surface area contributed by atoms with Crippen molar-refractivity contribution < 1.29 is 19.5 Å². The number of carboxylic acids is 1. The molecule has 0 fully saturated rings.